The second-order valence-corrected chi connectivity index (χ2v) is 3.32. The number of ether oxygens (including phenoxy) is 1. The number of methoxy groups -OCH3 is 1. The second-order valence-electron chi connectivity index (χ2n) is 3.32. The number of primary amides is 1. The molecule has 0 aliphatic heterocycles. The van der Waals surface area contributed by atoms with Gasteiger partial charge in [0.05, 0.1) is 12.6 Å². The standard InChI is InChI=1S/C11H10N2O3/c1-16-6-2-3-8-7(4-6)10(14)5-9(13-8)11(12)15/h2-5H,1H3,(H2,12,15)(H,13,14). The van der Waals surface area contributed by atoms with Crippen LogP contribution in [0.1, 0.15) is 10.5 Å². The van der Waals surface area contributed by atoms with E-state index >= 15 is 0 Å². The molecule has 0 unspecified atom stereocenters. The molecule has 0 atom stereocenters. The van der Waals surface area contributed by atoms with Crippen LogP contribution >= 0.6 is 0 Å². The third-order valence-corrected chi connectivity index (χ3v) is 2.30. The van der Waals surface area contributed by atoms with Crippen LogP contribution in [0.2, 0.25) is 0 Å². The van der Waals surface area contributed by atoms with Crippen LogP contribution in [-0.2, 0) is 0 Å². The van der Waals surface area contributed by atoms with Crippen molar-refractivity contribution < 1.29 is 9.53 Å². The molecule has 0 saturated heterocycles. The first kappa shape index (κ1) is 10.2. The first-order valence-corrected chi connectivity index (χ1v) is 4.62. The van der Waals surface area contributed by atoms with Crippen LogP contribution in [0.4, 0.5) is 0 Å². The lowest BCUT2D eigenvalue weighted by atomic mass is 10.2. The summed E-state index contributed by atoms with van der Waals surface area (Å²) in [7, 11) is 1.52. The summed E-state index contributed by atoms with van der Waals surface area (Å²) in [6.45, 7) is 0. The number of hydrogen-bond acceptors (Lipinski definition) is 3. The number of hydrogen-bond donors (Lipinski definition) is 2. The van der Waals surface area contributed by atoms with Crippen LogP contribution in [0.15, 0.2) is 29.1 Å². The third kappa shape index (κ3) is 1.63. The van der Waals surface area contributed by atoms with Crippen molar-refractivity contribution in [2.24, 2.45) is 5.73 Å². The normalized spacial score (nSPS) is 10.3. The SMILES string of the molecule is COc1ccc2[nH]c(C(N)=O)cc(=O)c2c1. The lowest BCUT2D eigenvalue weighted by Crippen LogP contribution is -2.16. The minimum atomic E-state index is -0.658. The number of H-pyrrole nitrogens is 1. The van der Waals surface area contributed by atoms with Gasteiger partial charge in [0, 0.05) is 11.5 Å². The number of fused-ring (bicyclic) bond motifs is 1. The molecule has 0 fully saturated rings. The molecule has 1 aromatic heterocycles. The van der Waals surface area contributed by atoms with Gasteiger partial charge in [0.25, 0.3) is 5.91 Å². The molecule has 0 saturated carbocycles. The van der Waals surface area contributed by atoms with Crippen LogP contribution in [-0.4, -0.2) is 18.0 Å². The first-order chi connectivity index (χ1) is 7.61. The minimum Gasteiger partial charge on any atom is -0.497 e. The third-order valence-electron chi connectivity index (χ3n) is 2.30. The highest BCUT2D eigenvalue weighted by Gasteiger charge is 2.06. The van der Waals surface area contributed by atoms with E-state index in [0.29, 0.717) is 16.7 Å². The zero-order chi connectivity index (χ0) is 11.7. The number of amides is 1. The highest BCUT2D eigenvalue weighted by molar-refractivity contribution is 5.93. The molecule has 16 heavy (non-hydrogen) atoms. The molecule has 0 aliphatic rings. The van der Waals surface area contributed by atoms with Crippen LogP contribution in [0, 0.1) is 0 Å². The van der Waals surface area contributed by atoms with Gasteiger partial charge >= 0.3 is 0 Å². The van der Waals surface area contributed by atoms with Crippen molar-refractivity contribution in [2.45, 2.75) is 0 Å². The largest absolute Gasteiger partial charge is 0.497 e. The van der Waals surface area contributed by atoms with Crippen molar-refractivity contribution in [3.05, 3.63) is 40.2 Å². The Morgan fingerprint density at radius 2 is 2.12 bits per heavy atom. The van der Waals surface area contributed by atoms with E-state index in [-0.39, 0.29) is 11.1 Å². The highest BCUT2D eigenvalue weighted by atomic mass is 16.5. The summed E-state index contributed by atoms with van der Waals surface area (Å²) in [4.78, 5) is 25.4. The van der Waals surface area contributed by atoms with E-state index in [9.17, 15) is 9.59 Å². The van der Waals surface area contributed by atoms with Crippen molar-refractivity contribution in [2.75, 3.05) is 7.11 Å². The van der Waals surface area contributed by atoms with Crippen LogP contribution in [0.25, 0.3) is 10.9 Å². The van der Waals surface area contributed by atoms with Crippen LogP contribution in [0.5, 0.6) is 5.75 Å². The van der Waals surface area contributed by atoms with Gasteiger partial charge in [-0.15, -0.1) is 0 Å². The highest BCUT2D eigenvalue weighted by Crippen LogP contribution is 2.16. The van der Waals surface area contributed by atoms with Gasteiger partial charge in [0.1, 0.15) is 11.4 Å². The van der Waals surface area contributed by atoms with E-state index in [1.165, 1.54) is 13.2 Å². The fraction of sp³-hybridized carbons (Fsp3) is 0.0909. The molecule has 1 amide bonds. The number of carbonyl (C=O) groups excluding carboxylic acids is 1. The quantitative estimate of drug-likeness (QED) is 0.775. The molecule has 0 radical (unpaired) electrons. The van der Waals surface area contributed by atoms with E-state index in [0.717, 1.165) is 0 Å². The zero-order valence-corrected chi connectivity index (χ0v) is 8.61. The minimum absolute atomic E-state index is 0.0997. The number of aromatic amines is 1. The fourth-order valence-corrected chi connectivity index (χ4v) is 1.49. The number of pyridine rings is 1. The van der Waals surface area contributed by atoms with Crippen LogP contribution < -0.4 is 15.9 Å². The van der Waals surface area contributed by atoms with E-state index in [2.05, 4.69) is 4.98 Å². The van der Waals surface area contributed by atoms with Gasteiger partial charge in [-0.1, -0.05) is 0 Å². The van der Waals surface area contributed by atoms with Crippen molar-refractivity contribution in [3.8, 4) is 5.75 Å². The average molecular weight is 218 g/mol. The second kappa shape index (κ2) is 3.69. The summed E-state index contributed by atoms with van der Waals surface area (Å²) in [5.41, 5.74) is 5.49. The number of benzene rings is 1. The van der Waals surface area contributed by atoms with Gasteiger partial charge in [0.15, 0.2) is 5.43 Å². The van der Waals surface area contributed by atoms with E-state index < -0.39 is 5.91 Å². The Bertz CT molecular complexity index is 616. The van der Waals surface area contributed by atoms with E-state index in [4.69, 9.17) is 10.5 Å². The Morgan fingerprint density at radius 3 is 2.75 bits per heavy atom. The Balaban J connectivity index is 2.76. The molecule has 3 N–H and O–H groups in total. The topological polar surface area (TPSA) is 85.2 Å². The maximum atomic E-state index is 11.7. The van der Waals surface area contributed by atoms with Gasteiger partial charge in [-0.3, -0.25) is 9.59 Å². The lowest BCUT2D eigenvalue weighted by molar-refractivity contribution is 0.0996. The Kier molecular flexibility index (Phi) is 2.36. The number of aromatic nitrogens is 1. The fourth-order valence-electron chi connectivity index (χ4n) is 1.49. The van der Waals surface area contributed by atoms with Gasteiger partial charge in [-0.2, -0.15) is 0 Å². The zero-order valence-electron chi connectivity index (χ0n) is 8.61. The molecular weight excluding hydrogens is 208 g/mol. The monoisotopic (exact) mass is 218 g/mol. The van der Waals surface area contributed by atoms with Gasteiger partial charge in [0.2, 0.25) is 0 Å². The molecule has 2 aromatic rings. The summed E-state index contributed by atoms with van der Waals surface area (Å²) in [5, 5.41) is 0.462. The number of rotatable bonds is 2. The average Bonchev–Trinajstić information content (AvgIpc) is 2.28. The molecule has 0 bridgehead atoms. The van der Waals surface area contributed by atoms with E-state index in [1.807, 2.05) is 0 Å². The van der Waals surface area contributed by atoms with Gasteiger partial charge in [-0.25, -0.2) is 0 Å². The molecule has 0 aliphatic carbocycles. The van der Waals surface area contributed by atoms with Crippen LogP contribution in [0.3, 0.4) is 0 Å². The number of nitrogens with two attached hydrogens (primary N) is 1. The lowest BCUT2D eigenvalue weighted by Gasteiger charge is -2.03. The van der Waals surface area contributed by atoms with Crippen molar-refractivity contribution in [1.29, 1.82) is 0 Å². The maximum Gasteiger partial charge on any atom is 0.265 e. The van der Waals surface area contributed by atoms with Crippen molar-refractivity contribution >= 4 is 16.8 Å². The maximum absolute atomic E-state index is 11.7. The summed E-state index contributed by atoms with van der Waals surface area (Å²) >= 11 is 0. The summed E-state index contributed by atoms with van der Waals surface area (Å²) in [5.74, 6) is -0.0698. The molecule has 1 heterocycles. The molecule has 1 aromatic carbocycles. The Labute approximate surface area is 90.8 Å². The summed E-state index contributed by atoms with van der Waals surface area (Å²) in [6.07, 6.45) is 0. The molecule has 82 valence electrons. The molecular formula is C11H10N2O3. The number of carbonyl (C=O) groups is 1. The van der Waals surface area contributed by atoms with E-state index in [1.54, 1.807) is 18.2 Å². The Hall–Kier alpha value is -2.30. The first-order valence-electron chi connectivity index (χ1n) is 4.62. The van der Waals surface area contributed by atoms with Crippen molar-refractivity contribution in [3.63, 3.8) is 0 Å². The summed E-state index contributed by atoms with van der Waals surface area (Å²) < 4.78 is 5.01. The molecule has 0 spiro atoms. The molecule has 5 nitrogen and oxygen atoms in total. The predicted octanol–water partition coefficient (Wildman–Crippen LogP) is 0.636. The van der Waals surface area contributed by atoms with Crippen molar-refractivity contribution in [1.82, 2.24) is 4.98 Å². The predicted molar refractivity (Wildman–Crippen MR) is 59.6 cm³/mol. The van der Waals surface area contributed by atoms with Gasteiger partial charge < -0.3 is 15.5 Å². The molecule has 5 heteroatoms. The summed E-state index contributed by atoms with van der Waals surface area (Å²) in [6, 6.07) is 6.16. The molecule has 2 rings (SSSR count). The van der Waals surface area contributed by atoms with Gasteiger partial charge in [-0.05, 0) is 18.2 Å². The smallest absolute Gasteiger partial charge is 0.265 e. The number of nitrogens with one attached hydrogen (secondary N) is 1. The Morgan fingerprint density at radius 1 is 1.38 bits per heavy atom.